The molecule has 0 unspecified atom stereocenters. The lowest BCUT2D eigenvalue weighted by molar-refractivity contribution is 0.0777. The highest BCUT2D eigenvalue weighted by molar-refractivity contribution is 7.17. The Balaban J connectivity index is 1.22. The summed E-state index contributed by atoms with van der Waals surface area (Å²) in [5.41, 5.74) is 2.34. The minimum absolute atomic E-state index is 0.0161. The van der Waals surface area contributed by atoms with E-state index in [2.05, 4.69) is 15.1 Å². The summed E-state index contributed by atoms with van der Waals surface area (Å²) in [6.45, 7) is 4.75. The van der Waals surface area contributed by atoms with E-state index in [0.717, 1.165) is 34.9 Å². The second-order valence-electron chi connectivity index (χ2n) is 8.33. The number of carbonyl (C=O) groups is 1. The van der Waals surface area contributed by atoms with Crippen molar-refractivity contribution in [2.45, 2.75) is 6.92 Å². The fraction of sp³-hybridized carbons (Fsp3) is 0.318. The molecule has 1 amide bonds. The molecule has 4 aromatic rings. The van der Waals surface area contributed by atoms with Crippen molar-refractivity contribution in [3.05, 3.63) is 59.1 Å². The second-order valence-corrected chi connectivity index (χ2v) is 9.25. The van der Waals surface area contributed by atoms with E-state index in [4.69, 9.17) is 9.97 Å². The Labute approximate surface area is 187 Å². The van der Waals surface area contributed by atoms with Gasteiger partial charge >= 0.3 is 0 Å². The van der Waals surface area contributed by atoms with Crippen LogP contribution in [0.1, 0.15) is 16.1 Å². The van der Waals surface area contributed by atoms with Gasteiger partial charge in [-0.3, -0.25) is 4.79 Å². The zero-order valence-corrected chi connectivity index (χ0v) is 18.2. The molecule has 0 bridgehead atoms. The van der Waals surface area contributed by atoms with E-state index in [0.29, 0.717) is 30.6 Å². The molecule has 2 saturated heterocycles. The molecular weight excluding hydrogens is 429 g/mol. The minimum Gasteiger partial charge on any atom is -0.340 e. The van der Waals surface area contributed by atoms with Crippen molar-refractivity contribution < 1.29 is 9.18 Å². The molecule has 162 valence electrons. The Morgan fingerprint density at radius 2 is 1.81 bits per heavy atom. The number of hydrogen-bond donors (Lipinski definition) is 0. The molecule has 0 N–H and O–H groups in total. The highest BCUT2D eigenvalue weighted by Gasteiger charge is 2.43. The van der Waals surface area contributed by atoms with E-state index in [1.165, 1.54) is 23.3 Å². The van der Waals surface area contributed by atoms with Gasteiger partial charge in [0.05, 0.1) is 28.3 Å². The average Bonchev–Trinajstić information content (AvgIpc) is 3.56. The van der Waals surface area contributed by atoms with Crippen LogP contribution in [0.25, 0.3) is 15.9 Å². The highest BCUT2D eigenvalue weighted by Crippen LogP contribution is 2.35. The fourth-order valence-corrected chi connectivity index (χ4v) is 5.63. The predicted octanol–water partition coefficient (Wildman–Crippen LogP) is 2.93. The smallest absolute Gasteiger partial charge is 0.259 e. The number of rotatable bonds is 3. The molecule has 3 aromatic heterocycles. The molecule has 2 aliphatic heterocycles. The fourth-order valence-electron chi connectivity index (χ4n) is 4.85. The number of benzene rings is 1. The van der Waals surface area contributed by atoms with E-state index < -0.39 is 5.82 Å². The average molecular weight is 450 g/mol. The molecule has 0 aliphatic carbocycles. The number of nitrogens with zero attached hydrogens (tertiary/aromatic N) is 7. The third-order valence-corrected chi connectivity index (χ3v) is 7.37. The van der Waals surface area contributed by atoms with Crippen LogP contribution in [0, 0.1) is 24.6 Å². The zero-order valence-electron chi connectivity index (χ0n) is 17.3. The third-order valence-electron chi connectivity index (χ3n) is 6.36. The SMILES string of the molecule is Cc1nc(N2C[C@H]3CN(C(=O)c4c(F)cccc4-n4nccn4)C[C@H]3C2)nc2ccsc12. The van der Waals surface area contributed by atoms with Crippen LogP contribution in [0.5, 0.6) is 0 Å². The van der Waals surface area contributed by atoms with Crippen LogP contribution in [0.15, 0.2) is 42.0 Å². The van der Waals surface area contributed by atoms with Crippen LogP contribution >= 0.6 is 11.3 Å². The quantitative estimate of drug-likeness (QED) is 0.479. The molecule has 2 atom stereocenters. The van der Waals surface area contributed by atoms with Gasteiger partial charge in [0.1, 0.15) is 17.1 Å². The van der Waals surface area contributed by atoms with Crippen molar-refractivity contribution in [2.24, 2.45) is 11.8 Å². The number of amides is 1. The third kappa shape index (κ3) is 3.05. The van der Waals surface area contributed by atoms with Crippen LogP contribution in [0.2, 0.25) is 0 Å². The number of halogens is 1. The Hall–Kier alpha value is -3.40. The first-order valence-corrected chi connectivity index (χ1v) is 11.4. The summed E-state index contributed by atoms with van der Waals surface area (Å²) in [7, 11) is 0. The van der Waals surface area contributed by atoms with Crippen molar-refractivity contribution in [2.75, 3.05) is 31.1 Å². The first-order valence-electron chi connectivity index (χ1n) is 10.5. The Morgan fingerprint density at radius 1 is 1.06 bits per heavy atom. The van der Waals surface area contributed by atoms with Crippen molar-refractivity contribution in [3.63, 3.8) is 0 Å². The molecule has 2 aliphatic rings. The summed E-state index contributed by atoms with van der Waals surface area (Å²) < 4.78 is 15.8. The second kappa shape index (κ2) is 7.33. The number of hydrogen-bond acceptors (Lipinski definition) is 7. The van der Waals surface area contributed by atoms with E-state index in [1.54, 1.807) is 28.4 Å². The molecule has 8 nitrogen and oxygen atoms in total. The Bertz CT molecular complexity index is 1310. The minimum atomic E-state index is -0.559. The largest absolute Gasteiger partial charge is 0.340 e. The molecule has 0 radical (unpaired) electrons. The number of fused-ring (bicyclic) bond motifs is 2. The molecule has 6 rings (SSSR count). The summed E-state index contributed by atoms with van der Waals surface area (Å²) in [5, 5.41) is 10.2. The van der Waals surface area contributed by atoms with E-state index in [1.807, 2.05) is 18.4 Å². The maximum Gasteiger partial charge on any atom is 0.259 e. The Morgan fingerprint density at radius 3 is 2.56 bits per heavy atom. The van der Waals surface area contributed by atoms with Gasteiger partial charge in [-0.15, -0.1) is 11.3 Å². The number of carbonyl (C=O) groups excluding carboxylic acids is 1. The van der Waals surface area contributed by atoms with Crippen LogP contribution in [0.4, 0.5) is 10.3 Å². The Kier molecular flexibility index (Phi) is 4.42. The number of likely N-dealkylation sites (tertiary alicyclic amines) is 1. The molecule has 32 heavy (non-hydrogen) atoms. The van der Waals surface area contributed by atoms with E-state index in [-0.39, 0.29) is 11.5 Å². The van der Waals surface area contributed by atoms with Gasteiger partial charge in [-0.05, 0) is 30.5 Å². The van der Waals surface area contributed by atoms with Gasteiger partial charge in [-0.1, -0.05) is 6.07 Å². The molecule has 0 saturated carbocycles. The van der Waals surface area contributed by atoms with Gasteiger partial charge < -0.3 is 9.80 Å². The maximum absolute atomic E-state index is 14.7. The summed E-state index contributed by atoms with van der Waals surface area (Å²) >= 11 is 1.66. The first kappa shape index (κ1) is 19.3. The topological polar surface area (TPSA) is 80.0 Å². The monoisotopic (exact) mass is 449 g/mol. The lowest BCUT2D eigenvalue weighted by atomic mass is 10.0. The standard InChI is InChI=1S/C22H20FN7OS/c1-13-20-17(5-8-32-20)27-22(26-13)29-11-14-9-28(10-15(14)12-29)21(31)19-16(23)3-2-4-18(19)30-24-6-7-25-30/h2-8,14-15H,9-12H2,1H3/t14-,15+. The van der Waals surface area contributed by atoms with Gasteiger partial charge in [0, 0.05) is 38.0 Å². The van der Waals surface area contributed by atoms with Crippen molar-refractivity contribution >= 4 is 33.4 Å². The van der Waals surface area contributed by atoms with Gasteiger partial charge in [0.15, 0.2) is 0 Å². The van der Waals surface area contributed by atoms with Crippen LogP contribution in [0.3, 0.4) is 0 Å². The number of aromatic nitrogens is 5. The van der Waals surface area contributed by atoms with Crippen LogP contribution in [-0.4, -0.2) is 61.9 Å². The molecule has 0 spiro atoms. The van der Waals surface area contributed by atoms with Gasteiger partial charge in [0.25, 0.3) is 5.91 Å². The summed E-state index contributed by atoms with van der Waals surface area (Å²) in [4.78, 5) is 28.0. The van der Waals surface area contributed by atoms with Gasteiger partial charge in [-0.25, -0.2) is 14.4 Å². The van der Waals surface area contributed by atoms with Crippen LogP contribution in [-0.2, 0) is 0 Å². The van der Waals surface area contributed by atoms with E-state index in [9.17, 15) is 9.18 Å². The van der Waals surface area contributed by atoms with Crippen LogP contribution < -0.4 is 4.90 Å². The maximum atomic E-state index is 14.7. The summed E-state index contributed by atoms with van der Waals surface area (Å²) in [6.07, 6.45) is 3.01. The van der Waals surface area contributed by atoms with Crippen molar-refractivity contribution in [1.29, 1.82) is 0 Å². The molecule has 5 heterocycles. The lowest BCUT2D eigenvalue weighted by Gasteiger charge is -2.23. The highest BCUT2D eigenvalue weighted by atomic mass is 32.1. The number of anilines is 1. The lowest BCUT2D eigenvalue weighted by Crippen LogP contribution is -2.34. The number of aryl methyl sites for hydroxylation is 1. The zero-order chi connectivity index (χ0) is 21.8. The molecular formula is C22H20FN7OS. The summed E-state index contributed by atoms with van der Waals surface area (Å²) in [5.74, 6) is 0.486. The van der Waals surface area contributed by atoms with Gasteiger partial charge in [-0.2, -0.15) is 15.0 Å². The number of thiophene rings is 1. The first-order chi connectivity index (χ1) is 15.6. The molecule has 1 aromatic carbocycles. The molecule has 10 heteroatoms. The predicted molar refractivity (Wildman–Crippen MR) is 119 cm³/mol. The summed E-state index contributed by atoms with van der Waals surface area (Å²) in [6, 6.07) is 6.55. The van der Waals surface area contributed by atoms with E-state index >= 15 is 0 Å². The normalized spacial score (nSPS) is 20.3. The van der Waals surface area contributed by atoms with Crippen molar-refractivity contribution in [3.8, 4) is 5.69 Å². The van der Waals surface area contributed by atoms with Gasteiger partial charge in [0.2, 0.25) is 5.95 Å². The molecule has 2 fully saturated rings. The van der Waals surface area contributed by atoms with Crippen molar-refractivity contribution in [1.82, 2.24) is 29.9 Å².